The summed E-state index contributed by atoms with van der Waals surface area (Å²) < 4.78 is 0. The van der Waals surface area contributed by atoms with Crippen molar-refractivity contribution in [2.24, 2.45) is 17.1 Å². The molecule has 0 radical (unpaired) electrons. The molecule has 0 spiro atoms. The first-order chi connectivity index (χ1) is 8.06. The highest BCUT2D eigenvalue weighted by Gasteiger charge is 2.41. The number of rotatable bonds is 2. The van der Waals surface area contributed by atoms with Crippen molar-refractivity contribution < 1.29 is 4.79 Å². The van der Waals surface area contributed by atoms with Gasteiger partial charge in [0, 0.05) is 25.0 Å². The number of amides is 1. The van der Waals surface area contributed by atoms with Crippen LogP contribution in [0.1, 0.15) is 52.4 Å². The Morgan fingerprint density at radius 2 is 2.06 bits per heavy atom. The van der Waals surface area contributed by atoms with Gasteiger partial charge in [-0.05, 0) is 31.1 Å². The predicted octanol–water partition coefficient (Wildman–Crippen LogP) is 2.15. The van der Waals surface area contributed by atoms with Crippen molar-refractivity contribution in [2.75, 3.05) is 13.1 Å². The predicted molar refractivity (Wildman–Crippen MR) is 69.5 cm³/mol. The maximum Gasteiger partial charge on any atom is 0.226 e. The van der Waals surface area contributed by atoms with Gasteiger partial charge in [0.2, 0.25) is 5.91 Å². The molecule has 1 saturated heterocycles. The molecule has 2 aliphatic rings. The van der Waals surface area contributed by atoms with Crippen LogP contribution in [-0.2, 0) is 4.79 Å². The zero-order valence-corrected chi connectivity index (χ0v) is 11.2. The van der Waals surface area contributed by atoms with E-state index in [0.717, 1.165) is 25.8 Å². The van der Waals surface area contributed by atoms with E-state index >= 15 is 0 Å². The molecule has 1 aliphatic carbocycles. The lowest BCUT2D eigenvalue weighted by atomic mass is 9.68. The molecule has 2 rings (SSSR count). The van der Waals surface area contributed by atoms with Gasteiger partial charge in [0.05, 0.1) is 0 Å². The average molecular weight is 238 g/mol. The normalized spacial score (nSPS) is 32.8. The lowest BCUT2D eigenvalue weighted by molar-refractivity contribution is -0.141. The summed E-state index contributed by atoms with van der Waals surface area (Å²) in [6.45, 7) is 6.05. The van der Waals surface area contributed by atoms with Crippen LogP contribution in [0, 0.1) is 11.3 Å². The Morgan fingerprint density at radius 1 is 1.29 bits per heavy atom. The number of hydrogen-bond acceptors (Lipinski definition) is 2. The first-order valence-electron chi connectivity index (χ1n) is 7.07. The van der Waals surface area contributed by atoms with E-state index in [1.807, 2.05) is 0 Å². The molecule has 1 aliphatic heterocycles. The molecule has 2 unspecified atom stereocenters. The second kappa shape index (κ2) is 4.97. The summed E-state index contributed by atoms with van der Waals surface area (Å²) in [6.07, 6.45) is 6.96. The van der Waals surface area contributed by atoms with Gasteiger partial charge in [0.25, 0.3) is 0 Å². The number of carbonyl (C=O) groups excluding carboxylic acids is 1. The quantitative estimate of drug-likeness (QED) is 0.801. The second-order valence-electron chi connectivity index (χ2n) is 6.35. The van der Waals surface area contributed by atoms with E-state index in [-0.39, 0.29) is 11.3 Å². The fraction of sp³-hybridized carbons (Fsp3) is 0.929. The van der Waals surface area contributed by atoms with E-state index in [2.05, 4.69) is 18.7 Å². The third-order valence-electron chi connectivity index (χ3n) is 4.74. The first kappa shape index (κ1) is 12.9. The molecule has 0 aromatic rings. The third kappa shape index (κ3) is 2.49. The van der Waals surface area contributed by atoms with Gasteiger partial charge in [-0.3, -0.25) is 4.79 Å². The van der Waals surface area contributed by atoms with Crippen LogP contribution in [-0.4, -0.2) is 29.9 Å². The molecule has 3 heteroatoms. The zero-order chi connectivity index (χ0) is 12.5. The lowest BCUT2D eigenvalue weighted by Crippen LogP contribution is -2.47. The summed E-state index contributed by atoms with van der Waals surface area (Å²) >= 11 is 0. The van der Waals surface area contributed by atoms with E-state index < -0.39 is 0 Å². The molecule has 1 amide bonds. The minimum atomic E-state index is 0.178. The van der Waals surface area contributed by atoms with Crippen molar-refractivity contribution in [3.63, 3.8) is 0 Å². The molecular weight excluding hydrogens is 212 g/mol. The number of likely N-dealkylation sites (tertiary alicyclic amines) is 1. The Morgan fingerprint density at radius 3 is 2.71 bits per heavy atom. The van der Waals surface area contributed by atoms with Crippen molar-refractivity contribution in [1.82, 2.24) is 4.90 Å². The number of carbonyl (C=O) groups is 1. The van der Waals surface area contributed by atoms with Gasteiger partial charge in [-0.25, -0.2) is 0 Å². The van der Waals surface area contributed by atoms with E-state index in [1.165, 1.54) is 19.3 Å². The molecular formula is C14H26N2O. The van der Waals surface area contributed by atoms with Crippen molar-refractivity contribution in [3.8, 4) is 0 Å². The number of nitrogens with two attached hydrogens (primary N) is 1. The summed E-state index contributed by atoms with van der Waals surface area (Å²) in [7, 11) is 0. The molecule has 3 nitrogen and oxygen atoms in total. The Balaban J connectivity index is 2.08. The highest BCUT2D eigenvalue weighted by atomic mass is 16.2. The van der Waals surface area contributed by atoms with Crippen LogP contribution in [0.5, 0.6) is 0 Å². The van der Waals surface area contributed by atoms with Gasteiger partial charge in [-0.2, -0.15) is 0 Å². The van der Waals surface area contributed by atoms with Crippen LogP contribution in [0.15, 0.2) is 0 Å². The first-order valence-corrected chi connectivity index (χ1v) is 7.07. The van der Waals surface area contributed by atoms with Crippen molar-refractivity contribution >= 4 is 5.91 Å². The molecule has 2 fully saturated rings. The molecule has 0 bridgehead atoms. The fourth-order valence-electron chi connectivity index (χ4n) is 3.52. The molecule has 2 atom stereocenters. The Hall–Kier alpha value is -0.570. The molecule has 0 aromatic carbocycles. The highest BCUT2D eigenvalue weighted by Crippen LogP contribution is 2.42. The summed E-state index contributed by atoms with van der Waals surface area (Å²) in [5, 5.41) is 0. The van der Waals surface area contributed by atoms with Crippen LogP contribution in [0.2, 0.25) is 0 Å². The van der Waals surface area contributed by atoms with Gasteiger partial charge < -0.3 is 10.6 Å². The lowest BCUT2D eigenvalue weighted by Gasteiger charge is -2.40. The maximum atomic E-state index is 12.7. The van der Waals surface area contributed by atoms with Gasteiger partial charge in [-0.15, -0.1) is 0 Å². The van der Waals surface area contributed by atoms with Gasteiger partial charge >= 0.3 is 0 Å². The SMILES string of the molecule is CC1(C)CCCCC1C(=O)N1CCCC1CN. The molecule has 1 heterocycles. The topological polar surface area (TPSA) is 46.3 Å². The zero-order valence-electron chi connectivity index (χ0n) is 11.2. The summed E-state index contributed by atoms with van der Waals surface area (Å²) in [5.41, 5.74) is 5.94. The largest absolute Gasteiger partial charge is 0.338 e. The smallest absolute Gasteiger partial charge is 0.226 e. The van der Waals surface area contributed by atoms with Crippen LogP contribution in [0.25, 0.3) is 0 Å². The molecule has 98 valence electrons. The van der Waals surface area contributed by atoms with Gasteiger partial charge in [0.15, 0.2) is 0 Å². The van der Waals surface area contributed by atoms with E-state index in [4.69, 9.17) is 5.73 Å². The van der Waals surface area contributed by atoms with Crippen LogP contribution < -0.4 is 5.73 Å². The van der Waals surface area contributed by atoms with Gasteiger partial charge in [0.1, 0.15) is 0 Å². The minimum Gasteiger partial charge on any atom is -0.338 e. The number of hydrogen-bond donors (Lipinski definition) is 1. The maximum absolute atomic E-state index is 12.7. The van der Waals surface area contributed by atoms with Crippen LogP contribution in [0.3, 0.4) is 0 Å². The Kier molecular flexibility index (Phi) is 3.76. The van der Waals surface area contributed by atoms with Crippen molar-refractivity contribution in [3.05, 3.63) is 0 Å². The van der Waals surface area contributed by atoms with E-state index in [0.29, 0.717) is 18.5 Å². The second-order valence-corrected chi connectivity index (χ2v) is 6.35. The summed E-state index contributed by atoms with van der Waals surface area (Å²) in [5.74, 6) is 0.603. The van der Waals surface area contributed by atoms with Crippen molar-refractivity contribution in [1.29, 1.82) is 0 Å². The molecule has 17 heavy (non-hydrogen) atoms. The molecule has 0 aromatic heterocycles. The van der Waals surface area contributed by atoms with Crippen LogP contribution in [0.4, 0.5) is 0 Å². The molecule has 2 N–H and O–H groups in total. The van der Waals surface area contributed by atoms with E-state index in [1.54, 1.807) is 0 Å². The summed E-state index contributed by atoms with van der Waals surface area (Å²) in [4.78, 5) is 14.7. The van der Waals surface area contributed by atoms with Crippen LogP contribution >= 0.6 is 0 Å². The minimum absolute atomic E-state index is 0.178. The standard InChI is InChI=1S/C14H26N2O/c1-14(2)8-4-3-7-12(14)13(17)16-9-5-6-11(16)10-15/h11-12H,3-10,15H2,1-2H3. The number of nitrogens with zero attached hydrogens (tertiary/aromatic N) is 1. The average Bonchev–Trinajstić information content (AvgIpc) is 2.75. The molecule has 1 saturated carbocycles. The summed E-state index contributed by atoms with van der Waals surface area (Å²) in [6, 6.07) is 0.306. The Bertz CT molecular complexity index is 288. The Labute approximate surface area is 105 Å². The monoisotopic (exact) mass is 238 g/mol. The highest BCUT2D eigenvalue weighted by molar-refractivity contribution is 5.80. The van der Waals surface area contributed by atoms with Crippen molar-refractivity contribution in [2.45, 2.75) is 58.4 Å². The van der Waals surface area contributed by atoms with Gasteiger partial charge in [-0.1, -0.05) is 26.7 Å². The van der Waals surface area contributed by atoms with E-state index in [9.17, 15) is 4.79 Å². The fourth-order valence-corrected chi connectivity index (χ4v) is 3.52. The third-order valence-corrected chi connectivity index (χ3v) is 4.74.